The van der Waals surface area contributed by atoms with Crippen molar-refractivity contribution in [2.75, 3.05) is 18.6 Å². The number of nitrogens with zero attached hydrogens (tertiary/aromatic N) is 1. The summed E-state index contributed by atoms with van der Waals surface area (Å²) in [5.74, 6) is 4.11. The number of hydrogen-bond donors (Lipinski definition) is 0. The Hall–Kier alpha value is -0.900. The summed E-state index contributed by atoms with van der Waals surface area (Å²) >= 11 is -0.826. The van der Waals surface area contributed by atoms with Gasteiger partial charge in [-0.15, -0.1) is 0 Å². The van der Waals surface area contributed by atoms with Crippen LogP contribution < -0.4 is 4.90 Å². The minimum atomic E-state index is -2.18. The number of halogens is 2. The summed E-state index contributed by atoms with van der Waals surface area (Å²) in [6.45, 7) is 33.5. The van der Waals surface area contributed by atoms with E-state index in [1.54, 1.807) is 27.9 Å². The molecule has 7 aliphatic carbocycles. The quantitative estimate of drug-likeness (QED) is 0.139. The molecule has 2 nitrogen and oxygen atoms in total. The van der Waals surface area contributed by atoms with Crippen LogP contribution in [0.1, 0.15) is 145 Å². The third kappa shape index (κ3) is 9.54. The fraction of sp³-hybridized carbons (Fsp3) is 0.661. The van der Waals surface area contributed by atoms with Crippen molar-refractivity contribution >= 4 is 30.8 Å². The summed E-state index contributed by atoms with van der Waals surface area (Å²) in [5, 5.41) is 0. The second-order valence-corrected chi connectivity index (χ2v) is 34.1. The van der Waals surface area contributed by atoms with Gasteiger partial charge in [-0.3, -0.25) is 0 Å². The van der Waals surface area contributed by atoms with Gasteiger partial charge in [0, 0.05) is 37.2 Å². The van der Waals surface area contributed by atoms with Crippen molar-refractivity contribution in [3.05, 3.63) is 115 Å². The number of hydrogen-bond acceptors (Lipinski definition) is 2. The van der Waals surface area contributed by atoms with Gasteiger partial charge in [-0.25, -0.2) is 0 Å². The van der Waals surface area contributed by atoms with E-state index in [1.807, 2.05) is 0 Å². The Morgan fingerprint density at radius 1 is 0.662 bits per heavy atom. The van der Waals surface area contributed by atoms with E-state index in [0.717, 1.165) is 6.61 Å². The van der Waals surface area contributed by atoms with Gasteiger partial charge in [-0.05, 0) is 156 Å². The van der Waals surface area contributed by atoms with Crippen LogP contribution >= 0.6 is 17.0 Å². The van der Waals surface area contributed by atoms with Crippen molar-refractivity contribution < 1.29 is 25.6 Å². The van der Waals surface area contributed by atoms with Crippen LogP contribution in [0.4, 0.5) is 5.69 Å². The standard InChI is InChI=1S/C57H83NOSi.2CH3.2ClH.Zr/c1-36-23-24-48-43(31-36)49-50(58(48)13)37-21-17-18-22-38(37)52(49)60(14,30-20-16-15-19-29-59-53(2,3)4)51-41-34-46-44(54(5,6)25-27-56(46,9)10)32-39(41)40-33-45-47(35-42(40)51)57(11,12)28-26-55(45,7)8;;;;;/h17-18,21-24,31-35,37-42,49-52H,15-16,19-20,25-30H2,1-14H3;2*1H3;2*1H;/q;2*-1;;;+4/p-2. The molecule has 1 aromatic carbocycles. The number of benzene rings is 1. The number of anilines is 1. The molecular formula is C59H89Cl2NOSiZr. The molecule has 0 radical (unpaired) electrons. The van der Waals surface area contributed by atoms with E-state index in [9.17, 15) is 0 Å². The number of allylic oxidation sites excluding steroid dienone is 11. The average Bonchev–Trinajstić information content (AvgIpc) is 3.82. The van der Waals surface area contributed by atoms with E-state index in [0.29, 0.717) is 58.5 Å². The second kappa shape index (κ2) is 19.4. The molecule has 0 amide bonds. The van der Waals surface area contributed by atoms with Gasteiger partial charge in [0.15, 0.2) is 0 Å². The number of fused-ring (bicyclic) bond motifs is 10. The zero-order valence-corrected chi connectivity index (χ0v) is 48.8. The number of unbranched alkanes of at least 4 members (excludes halogenated alkanes) is 3. The van der Waals surface area contributed by atoms with Gasteiger partial charge in [-0.1, -0.05) is 154 Å². The topological polar surface area (TPSA) is 12.5 Å². The molecule has 65 heavy (non-hydrogen) atoms. The molecule has 0 aromatic heterocycles. The predicted molar refractivity (Wildman–Crippen MR) is 284 cm³/mol. The van der Waals surface area contributed by atoms with E-state index < -0.39 is 28.9 Å². The monoisotopic (exact) mass is 1020 g/mol. The SMILES string of the molecule is Cc1ccc2c(c1)C1C(C3C=CC=CC3C1[Si](C)(CCCCCCOC(C)(C)C)C1C3C=C4C(=CC3C3C=C5C(=CC31)C(C)(C)CCC5(C)C)C(C)(C)CCC4(C)C)N2C.[CH3-].[CH3-].[Cl][Zr+2][Cl]. The first-order chi connectivity index (χ1) is 29.5. The first-order valence-electron chi connectivity index (χ1n) is 25.2. The van der Waals surface area contributed by atoms with Gasteiger partial charge < -0.3 is 24.5 Å². The molecule has 10 unspecified atom stereocenters. The molecule has 9 rings (SSSR count). The number of aryl methyl sites for hydroxylation is 1. The summed E-state index contributed by atoms with van der Waals surface area (Å²) in [4.78, 5) is 2.75. The van der Waals surface area contributed by atoms with Crippen LogP contribution in [0.5, 0.6) is 0 Å². The van der Waals surface area contributed by atoms with Crippen LogP contribution in [-0.2, 0) is 25.6 Å². The van der Waals surface area contributed by atoms with Crippen molar-refractivity contribution in [2.24, 2.45) is 57.2 Å². The molecule has 4 saturated carbocycles. The summed E-state index contributed by atoms with van der Waals surface area (Å²) in [6, 6.07) is 9.46. The van der Waals surface area contributed by atoms with Crippen molar-refractivity contribution in [2.45, 2.75) is 176 Å². The molecule has 10 atom stereocenters. The Labute approximate surface area is 419 Å². The van der Waals surface area contributed by atoms with E-state index in [1.165, 1.54) is 68.7 Å². The van der Waals surface area contributed by atoms with E-state index in [2.05, 4.69) is 168 Å². The van der Waals surface area contributed by atoms with Gasteiger partial charge in [-0.2, -0.15) is 0 Å². The average molecular weight is 1020 g/mol. The van der Waals surface area contributed by atoms with Crippen LogP contribution in [0.3, 0.4) is 0 Å². The molecule has 8 aliphatic rings. The third-order valence-corrected chi connectivity index (χ3v) is 24.7. The fourth-order valence-electron chi connectivity index (χ4n) is 15.4. The molecular weight excluding hydrogens is 929 g/mol. The van der Waals surface area contributed by atoms with Crippen LogP contribution in [-0.4, -0.2) is 33.4 Å². The molecule has 0 spiro atoms. The Morgan fingerprint density at radius 2 is 1.11 bits per heavy atom. The summed E-state index contributed by atoms with van der Waals surface area (Å²) in [7, 11) is 10.1. The zero-order valence-electron chi connectivity index (χ0n) is 43.8. The van der Waals surface area contributed by atoms with E-state index in [4.69, 9.17) is 21.8 Å². The summed E-state index contributed by atoms with van der Waals surface area (Å²) in [5.41, 5.74) is 13.7. The normalized spacial score (nSPS) is 34.2. The Bertz CT molecular complexity index is 2020. The molecule has 1 aliphatic heterocycles. The Morgan fingerprint density at radius 3 is 1.58 bits per heavy atom. The first kappa shape index (κ1) is 53.5. The fourth-order valence-corrected chi connectivity index (χ4v) is 22.3. The minimum absolute atomic E-state index is 0. The number of rotatable bonds is 9. The molecule has 1 heterocycles. The van der Waals surface area contributed by atoms with Crippen molar-refractivity contribution in [1.29, 1.82) is 0 Å². The van der Waals surface area contributed by atoms with Crippen molar-refractivity contribution in [3.8, 4) is 0 Å². The maximum absolute atomic E-state index is 6.23. The van der Waals surface area contributed by atoms with Crippen molar-refractivity contribution in [3.63, 3.8) is 0 Å². The van der Waals surface area contributed by atoms with Gasteiger partial charge in [0.1, 0.15) is 0 Å². The van der Waals surface area contributed by atoms with Gasteiger partial charge in [0.05, 0.1) is 13.7 Å². The molecule has 4 fully saturated rings. The second-order valence-electron chi connectivity index (χ2n) is 25.5. The Kier molecular flexibility index (Phi) is 15.9. The van der Waals surface area contributed by atoms with Crippen molar-refractivity contribution in [1.82, 2.24) is 0 Å². The molecule has 0 N–H and O–H groups in total. The van der Waals surface area contributed by atoms with Gasteiger partial charge >= 0.3 is 37.9 Å². The molecule has 6 heteroatoms. The van der Waals surface area contributed by atoms with Gasteiger partial charge in [0.2, 0.25) is 0 Å². The van der Waals surface area contributed by atoms with E-state index >= 15 is 0 Å². The maximum atomic E-state index is 6.23. The summed E-state index contributed by atoms with van der Waals surface area (Å²) < 4.78 is 6.23. The van der Waals surface area contributed by atoms with Crippen LogP contribution in [0, 0.1) is 78.9 Å². The molecule has 358 valence electrons. The molecule has 1 aromatic rings. The third-order valence-electron chi connectivity index (χ3n) is 18.7. The Balaban J connectivity index is 0.00000136. The van der Waals surface area contributed by atoms with Crippen LogP contribution in [0.2, 0.25) is 23.7 Å². The first-order valence-corrected chi connectivity index (χ1v) is 34.4. The summed E-state index contributed by atoms with van der Waals surface area (Å²) in [6.07, 6.45) is 32.4. The molecule has 0 saturated heterocycles. The van der Waals surface area contributed by atoms with E-state index in [-0.39, 0.29) is 42.1 Å². The molecule has 0 bridgehead atoms. The zero-order chi connectivity index (χ0) is 45.7. The number of ether oxygens (including phenoxy) is 1. The predicted octanol–water partition coefficient (Wildman–Crippen LogP) is 17.6. The number of likely N-dealkylation sites (N-methyl/N-ethyl adjacent to an activating group) is 1. The van der Waals surface area contributed by atoms with Crippen LogP contribution in [0.15, 0.2) is 89.1 Å². The van der Waals surface area contributed by atoms with Gasteiger partial charge in [0.25, 0.3) is 0 Å². The van der Waals surface area contributed by atoms with Crippen LogP contribution in [0.25, 0.3) is 0 Å².